The lowest BCUT2D eigenvalue weighted by molar-refractivity contribution is -0.147. The number of amides is 4. The van der Waals surface area contributed by atoms with Gasteiger partial charge in [0.25, 0.3) is 5.91 Å². The number of benzene rings is 1. The lowest BCUT2D eigenvalue weighted by atomic mass is 9.84. The molecule has 2 fully saturated rings. The molecule has 7 rings (SSSR count). The summed E-state index contributed by atoms with van der Waals surface area (Å²) >= 11 is 1.44. The smallest absolute Gasteiger partial charge is 0.320 e. The molecule has 4 amide bonds. The number of likely N-dealkylation sites (N-methyl/N-ethyl adjacent to an activating group) is 2. The van der Waals surface area contributed by atoms with E-state index in [9.17, 15) is 19.2 Å². The SMILES string of the molecule is CCn1c(-c2cccnc2[C@H](C)OC)c2c3cc(ccc31)-c1csc(n1)C[C@H](NC(=O)[C@H](C(C)C)N(C)C(=O)N1CCC[C@@H]1CN(C)C)C(=O)N1CCC[C@](C=O)(COCC(C)(C)C2)N1. The highest BCUT2D eigenvalue weighted by Crippen LogP contribution is 2.42. The van der Waals surface area contributed by atoms with E-state index < -0.39 is 23.5 Å². The molecule has 0 unspecified atom stereocenters. The normalized spacial score (nSPS) is 22.6. The van der Waals surface area contributed by atoms with E-state index >= 15 is 0 Å². The molecule has 2 saturated heterocycles. The minimum absolute atomic E-state index is 0.0516. The zero-order valence-corrected chi connectivity index (χ0v) is 40.8. The highest BCUT2D eigenvalue weighted by atomic mass is 32.1. The highest BCUT2D eigenvalue weighted by Gasteiger charge is 2.42. The molecule has 6 heterocycles. The first-order valence-electron chi connectivity index (χ1n) is 23.2. The second-order valence-electron chi connectivity index (χ2n) is 19.7. The van der Waals surface area contributed by atoms with Gasteiger partial charge in [-0.3, -0.25) is 19.6 Å². The quantitative estimate of drug-likeness (QED) is 0.163. The predicted octanol–water partition coefficient (Wildman–Crippen LogP) is 6.35. The Morgan fingerprint density at radius 2 is 1.91 bits per heavy atom. The van der Waals surface area contributed by atoms with Gasteiger partial charge in [-0.2, -0.15) is 0 Å². The number of hydrazine groups is 1. The molecule has 0 spiro atoms. The fraction of sp³-hybridized carbons (Fsp3) is 0.592. The van der Waals surface area contributed by atoms with Crippen LogP contribution in [0.5, 0.6) is 0 Å². The van der Waals surface area contributed by atoms with E-state index in [2.05, 4.69) is 65.2 Å². The minimum Gasteiger partial charge on any atom is -0.378 e. The molecule has 0 aliphatic carbocycles. The first-order chi connectivity index (χ1) is 31.0. The number of hydrogen-bond donors (Lipinski definition) is 2. The maximum Gasteiger partial charge on any atom is 0.320 e. The molecule has 4 aromatic rings. The number of pyridine rings is 1. The fourth-order valence-electron chi connectivity index (χ4n) is 10.1. The van der Waals surface area contributed by atoms with Gasteiger partial charge in [0, 0.05) is 86.4 Å². The summed E-state index contributed by atoms with van der Waals surface area (Å²) in [7, 11) is 7.37. The number of hydrogen-bond acceptors (Lipinski definition) is 11. The Labute approximate surface area is 388 Å². The van der Waals surface area contributed by atoms with Crippen LogP contribution in [0.2, 0.25) is 0 Å². The van der Waals surface area contributed by atoms with Gasteiger partial charge in [0.15, 0.2) is 0 Å². The number of fused-ring (bicyclic) bond motifs is 6. The van der Waals surface area contributed by atoms with Gasteiger partial charge < -0.3 is 38.9 Å². The van der Waals surface area contributed by atoms with Gasteiger partial charge in [-0.15, -0.1) is 11.3 Å². The summed E-state index contributed by atoms with van der Waals surface area (Å²) in [6, 6.07) is 8.52. The molecule has 16 heteroatoms. The van der Waals surface area contributed by atoms with Crippen LogP contribution in [0.3, 0.4) is 0 Å². The molecule has 3 aliphatic rings. The molecule has 3 aliphatic heterocycles. The van der Waals surface area contributed by atoms with E-state index in [1.54, 1.807) is 14.2 Å². The van der Waals surface area contributed by atoms with E-state index in [0.29, 0.717) is 44.0 Å². The Balaban J connectivity index is 1.29. The molecule has 352 valence electrons. The number of urea groups is 1. The number of aromatic nitrogens is 3. The second-order valence-corrected chi connectivity index (χ2v) is 20.6. The van der Waals surface area contributed by atoms with Crippen LogP contribution in [0.4, 0.5) is 4.79 Å². The molecule has 5 atom stereocenters. The first kappa shape index (κ1) is 48.2. The van der Waals surface area contributed by atoms with E-state index in [4.69, 9.17) is 19.4 Å². The van der Waals surface area contributed by atoms with Crippen molar-refractivity contribution >= 4 is 46.4 Å². The fourth-order valence-corrected chi connectivity index (χ4v) is 11.0. The largest absolute Gasteiger partial charge is 0.378 e. The van der Waals surface area contributed by atoms with Crippen molar-refractivity contribution in [1.82, 2.24) is 45.0 Å². The maximum absolute atomic E-state index is 14.8. The van der Waals surface area contributed by atoms with Crippen LogP contribution in [-0.4, -0.2) is 143 Å². The van der Waals surface area contributed by atoms with Crippen LogP contribution in [-0.2, 0) is 43.2 Å². The van der Waals surface area contributed by atoms with Crippen molar-refractivity contribution in [3.05, 3.63) is 58.2 Å². The number of ether oxygens (including phenoxy) is 2. The molecule has 0 saturated carbocycles. The number of rotatable bonds is 11. The topological polar surface area (TPSA) is 154 Å². The van der Waals surface area contributed by atoms with Crippen molar-refractivity contribution in [3.8, 4) is 22.5 Å². The van der Waals surface area contributed by atoms with Crippen molar-refractivity contribution in [3.63, 3.8) is 0 Å². The van der Waals surface area contributed by atoms with Gasteiger partial charge in [-0.05, 0) is 101 Å². The van der Waals surface area contributed by atoms with E-state index in [0.717, 1.165) is 76.9 Å². The van der Waals surface area contributed by atoms with Crippen molar-refractivity contribution in [1.29, 1.82) is 0 Å². The Bertz CT molecular complexity index is 2360. The molecule has 15 nitrogen and oxygen atoms in total. The van der Waals surface area contributed by atoms with Crippen molar-refractivity contribution in [2.24, 2.45) is 11.3 Å². The second kappa shape index (κ2) is 20.0. The van der Waals surface area contributed by atoms with Crippen LogP contribution in [0.25, 0.3) is 33.4 Å². The lowest BCUT2D eigenvalue weighted by Crippen LogP contribution is -2.66. The first-order valence-corrected chi connectivity index (χ1v) is 24.1. The third kappa shape index (κ3) is 10.2. The number of methoxy groups -OCH3 is 1. The number of nitrogens with zero attached hydrogens (tertiary/aromatic N) is 7. The standard InChI is InChI=1S/C49H69N9O6S/c1-11-56-40-18-17-33-23-36(40)37(44(56)35-16-12-20-50-42(35)32(4)63-10)25-48(5,6)29-64-30-49(28-59)19-14-22-58(53-49)46(61)38(24-41-51-39(33)27-65-41)52-45(60)43(31(2)3)55(9)47(62)57-21-13-15-34(57)26-54(7)8/h12,16-18,20,23,27-28,31-32,34,38,43,53H,11,13-15,19,21-22,24-26,29-30H2,1-10H3,(H,52,60)/t32-,34+,38-,43-,49-/m0/s1. The number of nitrogens with one attached hydrogen (secondary N) is 2. The van der Waals surface area contributed by atoms with Crippen molar-refractivity contribution < 1.29 is 28.7 Å². The highest BCUT2D eigenvalue weighted by molar-refractivity contribution is 7.10. The molecule has 2 N–H and O–H groups in total. The monoisotopic (exact) mass is 912 g/mol. The number of likely N-dealkylation sites (tertiary alicyclic amines) is 1. The van der Waals surface area contributed by atoms with Gasteiger partial charge in [-0.25, -0.2) is 15.2 Å². The van der Waals surface area contributed by atoms with Gasteiger partial charge in [0.2, 0.25) is 5.91 Å². The van der Waals surface area contributed by atoms with Crippen molar-refractivity contribution in [2.75, 3.05) is 61.1 Å². The summed E-state index contributed by atoms with van der Waals surface area (Å²) in [5.74, 6) is -1.07. The van der Waals surface area contributed by atoms with Gasteiger partial charge in [0.05, 0.1) is 41.4 Å². The molecule has 65 heavy (non-hydrogen) atoms. The lowest BCUT2D eigenvalue weighted by Gasteiger charge is -2.42. The summed E-state index contributed by atoms with van der Waals surface area (Å²) in [5, 5.41) is 8.32. The number of aryl methyl sites for hydroxylation is 1. The third-order valence-corrected chi connectivity index (χ3v) is 14.2. The Morgan fingerprint density at radius 3 is 2.62 bits per heavy atom. The average Bonchev–Trinajstić information content (AvgIpc) is 4.02. The maximum atomic E-state index is 14.8. The Morgan fingerprint density at radius 1 is 1.12 bits per heavy atom. The molecular weight excluding hydrogens is 843 g/mol. The number of carbonyl (C=O) groups excluding carboxylic acids is 4. The molecule has 0 radical (unpaired) electrons. The van der Waals surface area contributed by atoms with Gasteiger partial charge in [-0.1, -0.05) is 33.8 Å². The Hall–Kier alpha value is -4.74. The van der Waals surface area contributed by atoms with Crippen LogP contribution in [0.15, 0.2) is 41.9 Å². The summed E-state index contributed by atoms with van der Waals surface area (Å²) < 4.78 is 14.7. The predicted molar refractivity (Wildman–Crippen MR) is 254 cm³/mol. The number of aldehydes is 1. The minimum atomic E-state index is -1.16. The van der Waals surface area contributed by atoms with E-state index in [-0.39, 0.29) is 48.4 Å². The summed E-state index contributed by atoms with van der Waals surface area (Å²) in [6.07, 6.45) is 6.02. The third-order valence-electron chi connectivity index (χ3n) is 13.3. The molecule has 1 aromatic carbocycles. The summed E-state index contributed by atoms with van der Waals surface area (Å²) in [6.45, 7) is 15.2. The van der Waals surface area contributed by atoms with Crippen LogP contribution < -0.4 is 10.7 Å². The van der Waals surface area contributed by atoms with Gasteiger partial charge >= 0.3 is 6.03 Å². The molecule has 6 bridgehead atoms. The van der Waals surface area contributed by atoms with Gasteiger partial charge in [0.1, 0.15) is 23.9 Å². The van der Waals surface area contributed by atoms with E-state index in [1.807, 2.05) is 57.4 Å². The molecular formula is C49H69N9O6S. The van der Waals surface area contributed by atoms with Crippen LogP contribution in [0.1, 0.15) is 89.6 Å². The zero-order valence-electron chi connectivity index (χ0n) is 40.0. The molecule has 3 aromatic heterocycles. The Kier molecular flexibility index (Phi) is 14.8. The van der Waals surface area contributed by atoms with E-state index in [1.165, 1.54) is 21.2 Å². The number of carbonyl (C=O) groups is 4. The average molecular weight is 912 g/mol. The van der Waals surface area contributed by atoms with Crippen LogP contribution >= 0.6 is 11.3 Å². The van der Waals surface area contributed by atoms with Crippen LogP contribution in [0, 0.1) is 11.3 Å². The number of thiazole rings is 1. The summed E-state index contributed by atoms with van der Waals surface area (Å²) in [5.41, 5.74) is 8.60. The van der Waals surface area contributed by atoms with Crippen molar-refractivity contribution in [2.45, 2.75) is 116 Å². The summed E-state index contributed by atoms with van der Waals surface area (Å²) in [4.78, 5) is 71.9. The zero-order chi connectivity index (χ0) is 46.8.